The zero-order chi connectivity index (χ0) is 28.4. The highest BCUT2D eigenvalue weighted by molar-refractivity contribution is 5.29. The van der Waals surface area contributed by atoms with Crippen LogP contribution in [0.1, 0.15) is 89.9 Å². The summed E-state index contributed by atoms with van der Waals surface area (Å²) in [7, 11) is 0. The minimum Gasteiger partial charge on any atom is -0.393 e. The number of nitrogens with zero attached hydrogens (tertiary/aromatic N) is 2. The Balaban J connectivity index is 0.000000886. The summed E-state index contributed by atoms with van der Waals surface area (Å²) in [6, 6.07) is 21.1. The van der Waals surface area contributed by atoms with Crippen LogP contribution in [0.25, 0.3) is 0 Å². The number of aliphatic hydroxyl groups is 1. The van der Waals surface area contributed by atoms with Crippen LogP contribution in [0.4, 0.5) is 0 Å². The SMILES string of the molecule is CC.CC.OC(CCN1CCN(CCOC(c2ccccc2)c2ccccc2)CC1)C12CC3CC(CC(C3)C1)C2. The van der Waals surface area contributed by atoms with E-state index in [2.05, 4.69) is 70.5 Å². The lowest BCUT2D eigenvalue weighted by Crippen LogP contribution is -2.53. The van der Waals surface area contributed by atoms with Gasteiger partial charge in [0.05, 0.1) is 12.7 Å². The molecule has 1 unspecified atom stereocenters. The average Bonchev–Trinajstić information content (AvgIpc) is 3.01. The molecule has 222 valence electrons. The lowest BCUT2D eigenvalue weighted by molar-refractivity contribution is -0.123. The van der Waals surface area contributed by atoms with Crippen LogP contribution in [-0.4, -0.2) is 66.9 Å². The predicted octanol–water partition coefficient (Wildman–Crippen LogP) is 7.43. The van der Waals surface area contributed by atoms with E-state index in [4.69, 9.17) is 4.74 Å². The van der Waals surface area contributed by atoms with Gasteiger partial charge in [-0.3, -0.25) is 4.90 Å². The first kappa shape index (κ1) is 31.2. The van der Waals surface area contributed by atoms with Gasteiger partial charge in [0.1, 0.15) is 6.10 Å². The highest BCUT2D eigenvalue weighted by Gasteiger charge is 2.53. The Morgan fingerprint density at radius 2 is 1.12 bits per heavy atom. The fraction of sp³-hybridized carbons (Fsp3) is 0.667. The summed E-state index contributed by atoms with van der Waals surface area (Å²) in [5, 5.41) is 11.3. The highest BCUT2D eigenvalue weighted by Crippen LogP contribution is 2.61. The van der Waals surface area contributed by atoms with Crippen LogP contribution >= 0.6 is 0 Å². The van der Waals surface area contributed by atoms with E-state index in [1.807, 2.05) is 27.7 Å². The van der Waals surface area contributed by atoms with Crippen molar-refractivity contribution in [3.8, 4) is 0 Å². The van der Waals surface area contributed by atoms with E-state index in [-0.39, 0.29) is 17.6 Å². The number of benzene rings is 2. The van der Waals surface area contributed by atoms with Crippen molar-refractivity contribution in [3.05, 3.63) is 71.8 Å². The molecule has 0 spiro atoms. The Bertz CT molecular complexity index is 882. The van der Waals surface area contributed by atoms with Crippen LogP contribution < -0.4 is 0 Å². The smallest absolute Gasteiger partial charge is 0.108 e. The van der Waals surface area contributed by atoms with Crippen molar-refractivity contribution in [2.24, 2.45) is 23.2 Å². The molecule has 1 heterocycles. The van der Waals surface area contributed by atoms with Gasteiger partial charge in [-0.2, -0.15) is 0 Å². The van der Waals surface area contributed by atoms with Crippen molar-refractivity contribution in [2.75, 3.05) is 45.9 Å². The van der Waals surface area contributed by atoms with E-state index in [0.29, 0.717) is 0 Å². The maximum atomic E-state index is 11.3. The van der Waals surface area contributed by atoms with Gasteiger partial charge in [-0.05, 0) is 79.2 Å². The summed E-state index contributed by atoms with van der Waals surface area (Å²) < 4.78 is 6.45. The minimum absolute atomic E-state index is 0.0141. The zero-order valence-corrected chi connectivity index (χ0v) is 25.8. The Morgan fingerprint density at radius 1 is 0.700 bits per heavy atom. The van der Waals surface area contributed by atoms with E-state index in [1.165, 1.54) is 49.7 Å². The van der Waals surface area contributed by atoms with E-state index < -0.39 is 0 Å². The van der Waals surface area contributed by atoms with Crippen molar-refractivity contribution in [1.29, 1.82) is 0 Å². The third kappa shape index (κ3) is 7.76. The third-order valence-electron chi connectivity index (χ3n) is 9.87. The van der Waals surface area contributed by atoms with Crippen molar-refractivity contribution >= 4 is 0 Å². The quantitative estimate of drug-likeness (QED) is 0.335. The number of rotatable bonds is 10. The fourth-order valence-corrected chi connectivity index (χ4v) is 8.37. The average molecular weight is 549 g/mol. The van der Waals surface area contributed by atoms with Gasteiger partial charge in [-0.1, -0.05) is 88.4 Å². The molecule has 4 heteroatoms. The molecule has 4 nitrogen and oxygen atoms in total. The largest absolute Gasteiger partial charge is 0.393 e. The van der Waals surface area contributed by atoms with Crippen molar-refractivity contribution < 1.29 is 9.84 Å². The second kappa shape index (κ2) is 15.5. The molecular formula is C36H56N2O2. The number of ether oxygens (including phenoxy) is 1. The topological polar surface area (TPSA) is 35.9 Å². The van der Waals surface area contributed by atoms with E-state index in [1.54, 1.807) is 0 Å². The molecule has 5 fully saturated rings. The van der Waals surface area contributed by atoms with Crippen LogP contribution in [0, 0.1) is 23.2 Å². The van der Waals surface area contributed by atoms with Gasteiger partial charge in [0.25, 0.3) is 0 Å². The van der Waals surface area contributed by atoms with Crippen LogP contribution in [0.5, 0.6) is 0 Å². The molecule has 2 aromatic rings. The number of hydrogen-bond donors (Lipinski definition) is 1. The van der Waals surface area contributed by atoms with Crippen LogP contribution in [-0.2, 0) is 4.74 Å². The first-order valence-corrected chi connectivity index (χ1v) is 16.5. The second-order valence-electron chi connectivity index (χ2n) is 12.3. The summed E-state index contributed by atoms with van der Waals surface area (Å²) in [5.41, 5.74) is 2.69. The van der Waals surface area contributed by atoms with Gasteiger partial charge in [0.2, 0.25) is 0 Å². The summed E-state index contributed by atoms with van der Waals surface area (Å²) in [5.74, 6) is 2.75. The number of aliphatic hydroxyl groups excluding tert-OH is 1. The van der Waals surface area contributed by atoms with Gasteiger partial charge >= 0.3 is 0 Å². The molecule has 7 rings (SSSR count). The lowest BCUT2D eigenvalue weighted by Gasteiger charge is -2.58. The van der Waals surface area contributed by atoms with Crippen molar-refractivity contribution in [1.82, 2.24) is 9.80 Å². The molecule has 2 aromatic carbocycles. The molecule has 5 aliphatic rings. The van der Waals surface area contributed by atoms with Crippen molar-refractivity contribution in [2.45, 2.75) is 84.8 Å². The molecule has 40 heavy (non-hydrogen) atoms. The minimum atomic E-state index is -0.0924. The standard InChI is InChI=1S/C32H44N2O2.2C2H6/c35-30(32-22-25-19-26(23-32)21-27(20-25)24-32)11-12-33-13-15-34(16-14-33)17-18-36-31(28-7-3-1-4-8-28)29-9-5-2-6-10-29;2*1-2/h1-10,25-27,30-31,35H,11-24H2;2*1-2H3. The van der Waals surface area contributed by atoms with Crippen molar-refractivity contribution in [3.63, 3.8) is 0 Å². The summed E-state index contributed by atoms with van der Waals surface area (Å²) in [4.78, 5) is 5.12. The van der Waals surface area contributed by atoms with E-state index in [9.17, 15) is 5.11 Å². The molecule has 1 saturated heterocycles. The molecule has 0 aromatic heterocycles. The monoisotopic (exact) mass is 548 g/mol. The van der Waals surface area contributed by atoms with Crippen LogP contribution in [0.2, 0.25) is 0 Å². The number of hydrogen-bond acceptors (Lipinski definition) is 4. The molecule has 0 radical (unpaired) electrons. The lowest BCUT2D eigenvalue weighted by atomic mass is 9.48. The van der Waals surface area contributed by atoms with Gasteiger partial charge < -0.3 is 14.7 Å². The molecule has 4 bridgehead atoms. The van der Waals surface area contributed by atoms with Gasteiger partial charge in [-0.25, -0.2) is 0 Å². The first-order valence-electron chi connectivity index (χ1n) is 16.5. The highest BCUT2D eigenvalue weighted by atomic mass is 16.5. The molecule has 4 aliphatic carbocycles. The molecule has 0 amide bonds. The zero-order valence-electron chi connectivity index (χ0n) is 25.8. The second-order valence-corrected chi connectivity index (χ2v) is 12.3. The summed E-state index contributed by atoms with van der Waals surface area (Å²) >= 11 is 0. The normalized spacial score (nSPS) is 28.4. The third-order valence-corrected chi connectivity index (χ3v) is 9.87. The summed E-state index contributed by atoms with van der Waals surface area (Å²) in [6.07, 6.45) is 9.14. The summed E-state index contributed by atoms with van der Waals surface area (Å²) in [6.45, 7) is 15.2. The Morgan fingerprint density at radius 3 is 1.57 bits per heavy atom. The van der Waals surface area contributed by atoms with Gasteiger partial charge in [-0.15, -0.1) is 0 Å². The fourth-order valence-electron chi connectivity index (χ4n) is 8.37. The van der Waals surface area contributed by atoms with E-state index in [0.717, 1.165) is 70.0 Å². The van der Waals surface area contributed by atoms with E-state index >= 15 is 0 Å². The maximum absolute atomic E-state index is 11.3. The molecule has 1 N–H and O–H groups in total. The van der Waals surface area contributed by atoms with Crippen LogP contribution in [0.15, 0.2) is 60.7 Å². The molecule has 4 saturated carbocycles. The molecule has 1 aliphatic heterocycles. The van der Waals surface area contributed by atoms with Crippen LogP contribution in [0.3, 0.4) is 0 Å². The molecular weight excluding hydrogens is 492 g/mol. The number of piperazine rings is 1. The first-order chi connectivity index (χ1) is 19.7. The maximum Gasteiger partial charge on any atom is 0.108 e. The Labute approximate surface area is 245 Å². The molecule has 1 atom stereocenters. The Kier molecular flexibility index (Phi) is 12.1. The van der Waals surface area contributed by atoms with Gasteiger partial charge in [0, 0.05) is 39.3 Å². The van der Waals surface area contributed by atoms with Gasteiger partial charge in [0.15, 0.2) is 0 Å². The predicted molar refractivity (Wildman–Crippen MR) is 167 cm³/mol. The Hall–Kier alpha value is -1.72.